The highest BCUT2D eigenvalue weighted by Gasteiger charge is 1.92. The molecule has 0 atom stereocenters. The average molecular weight is 253 g/mol. The van der Waals surface area contributed by atoms with Gasteiger partial charge in [-0.2, -0.15) is 0 Å². The molecule has 0 spiro atoms. The fraction of sp³-hybridized carbons (Fsp3) is 0.235. The summed E-state index contributed by atoms with van der Waals surface area (Å²) in [5.41, 5.74) is 2.59. The lowest BCUT2D eigenvalue weighted by atomic mass is 10.1. The van der Waals surface area contributed by atoms with Gasteiger partial charge in [-0.25, -0.2) is 0 Å². The van der Waals surface area contributed by atoms with Gasteiger partial charge in [-0.05, 0) is 29.7 Å². The van der Waals surface area contributed by atoms with Crippen molar-refractivity contribution < 1.29 is 4.74 Å². The zero-order chi connectivity index (χ0) is 13.3. The molecule has 2 aromatic rings. The summed E-state index contributed by atoms with van der Waals surface area (Å²) < 4.78 is 5.13. The zero-order valence-corrected chi connectivity index (χ0v) is 11.3. The number of benzene rings is 2. The van der Waals surface area contributed by atoms with Gasteiger partial charge < -0.3 is 4.74 Å². The molecular weight excluding hydrogens is 234 g/mol. The van der Waals surface area contributed by atoms with Crippen molar-refractivity contribution in [3.8, 4) is 5.75 Å². The number of hydrogen-bond donors (Lipinski definition) is 0. The van der Waals surface area contributed by atoms with E-state index in [1.807, 2.05) is 24.4 Å². The second-order valence-corrected chi connectivity index (χ2v) is 4.38. The van der Waals surface area contributed by atoms with Gasteiger partial charge in [-0.3, -0.25) is 4.99 Å². The Hall–Kier alpha value is -2.09. The molecule has 98 valence electrons. The molecule has 0 fully saturated rings. The monoisotopic (exact) mass is 253 g/mol. The maximum atomic E-state index is 5.13. The first kappa shape index (κ1) is 13.3. The van der Waals surface area contributed by atoms with E-state index in [9.17, 15) is 0 Å². The molecule has 19 heavy (non-hydrogen) atoms. The number of methoxy groups -OCH3 is 1. The van der Waals surface area contributed by atoms with Gasteiger partial charge in [0.25, 0.3) is 0 Å². The van der Waals surface area contributed by atoms with E-state index in [0.29, 0.717) is 0 Å². The largest absolute Gasteiger partial charge is 0.497 e. The molecule has 0 saturated carbocycles. The summed E-state index contributed by atoms with van der Waals surface area (Å²) in [5.74, 6) is 0.893. The van der Waals surface area contributed by atoms with Gasteiger partial charge in [0, 0.05) is 19.2 Å². The normalized spacial score (nSPS) is 10.8. The van der Waals surface area contributed by atoms with E-state index in [1.165, 1.54) is 11.1 Å². The maximum Gasteiger partial charge on any atom is 0.118 e. The second-order valence-electron chi connectivity index (χ2n) is 4.38. The van der Waals surface area contributed by atoms with Crippen LogP contribution in [0.15, 0.2) is 59.6 Å². The highest BCUT2D eigenvalue weighted by molar-refractivity contribution is 5.61. The molecule has 2 nitrogen and oxygen atoms in total. The van der Waals surface area contributed by atoms with Crippen LogP contribution in [0.3, 0.4) is 0 Å². The van der Waals surface area contributed by atoms with Crippen LogP contribution < -0.4 is 4.74 Å². The van der Waals surface area contributed by atoms with Gasteiger partial charge in [0.15, 0.2) is 0 Å². The van der Waals surface area contributed by atoms with Crippen LogP contribution in [0, 0.1) is 0 Å². The Kier molecular flexibility index (Phi) is 5.17. The Labute approximate surface area is 114 Å². The third kappa shape index (κ3) is 4.59. The summed E-state index contributed by atoms with van der Waals surface area (Å²) in [4.78, 5) is 4.45. The van der Waals surface area contributed by atoms with Crippen molar-refractivity contribution in [1.82, 2.24) is 0 Å². The summed E-state index contributed by atoms with van der Waals surface area (Å²) >= 11 is 0. The lowest BCUT2D eigenvalue weighted by Gasteiger charge is -2.00. The Morgan fingerprint density at radius 3 is 2.37 bits per heavy atom. The molecule has 0 bridgehead atoms. The topological polar surface area (TPSA) is 21.6 Å². The lowest BCUT2D eigenvalue weighted by molar-refractivity contribution is 0.414. The first-order valence-corrected chi connectivity index (χ1v) is 6.53. The molecule has 0 saturated heterocycles. The van der Waals surface area contributed by atoms with E-state index in [2.05, 4.69) is 41.4 Å². The molecule has 0 aliphatic heterocycles. The first-order valence-electron chi connectivity index (χ1n) is 6.53. The van der Waals surface area contributed by atoms with Crippen LogP contribution in [0.1, 0.15) is 11.1 Å². The van der Waals surface area contributed by atoms with E-state index in [-0.39, 0.29) is 0 Å². The van der Waals surface area contributed by atoms with E-state index in [1.54, 1.807) is 7.11 Å². The number of ether oxygens (including phenoxy) is 1. The third-order valence-electron chi connectivity index (χ3n) is 2.99. The first-order chi connectivity index (χ1) is 9.38. The summed E-state index contributed by atoms with van der Waals surface area (Å²) in [6.07, 6.45) is 3.86. The van der Waals surface area contributed by atoms with Crippen molar-refractivity contribution in [3.05, 3.63) is 65.7 Å². The average Bonchev–Trinajstić information content (AvgIpc) is 2.49. The maximum absolute atomic E-state index is 5.13. The molecule has 0 N–H and O–H groups in total. The molecule has 2 heteroatoms. The van der Waals surface area contributed by atoms with Crippen molar-refractivity contribution in [1.29, 1.82) is 0 Å². The van der Waals surface area contributed by atoms with Gasteiger partial charge in [-0.15, -0.1) is 0 Å². The van der Waals surface area contributed by atoms with Gasteiger partial charge in [-0.1, -0.05) is 42.5 Å². The van der Waals surface area contributed by atoms with E-state index >= 15 is 0 Å². The Morgan fingerprint density at radius 2 is 1.68 bits per heavy atom. The minimum Gasteiger partial charge on any atom is -0.497 e. The minimum absolute atomic E-state index is 0.847. The summed E-state index contributed by atoms with van der Waals surface area (Å²) in [6, 6.07) is 18.5. The molecule has 0 aliphatic rings. The zero-order valence-electron chi connectivity index (χ0n) is 11.3. The van der Waals surface area contributed by atoms with Crippen LogP contribution in [0.5, 0.6) is 5.75 Å². The van der Waals surface area contributed by atoms with E-state index in [4.69, 9.17) is 4.74 Å². The minimum atomic E-state index is 0.847. The van der Waals surface area contributed by atoms with Crippen molar-refractivity contribution in [2.24, 2.45) is 4.99 Å². The van der Waals surface area contributed by atoms with Gasteiger partial charge in [0.2, 0.25) is 0 Å². The molecule has 2 aromatic carbocycles. The molecule has 2 rings (SSSR count). The standard InChI is InChI=1S/C17H19NO/c1-19-17-9-7-16(8-10-17)12-14-18-13-11-15-5-3-2-4-6-15/h2-10,14H,11-13H2,1H3. The SMILES string of the molecule is COc1ccc(CC=NCCc2ccccc2)cc1. The number of aliphatic imine (C=N–C) groups is 1. The predicted octanol–water partition coefficient (Wildman–Crippen LogP) is 3.55. The van der Waals surface area contributed by atoms with Gasteiger partial charge >= 0.3 is 0 Å². The third-order valence-corrected chi connectivity index (χ3v) is 2.99. The van der Waals surface area contributed by atoms with Crippen molar-refractivity contribution in [2.45, 2.75) is 12.8 Å². The highest BCUT2D eigenvalue weighted by atomic mass is 16.5. The van der Waals surface area contributed by atoms with Crippen molar-refractivity contribution in [3.63, 3.8) is 0 Å². The van der Waals surface area contributed by atoms with Crippen molar-refractivity contribution >= 4 is 6.21 Å². The van der Waals surface area contributed by atoms with E-state index < -0.39 is 0 Å². The summed E-state index contributed by atoms with van der Waals surface area (Å²) in [7, 11) is 1.68. The Morgan fingerprint density at radius 1 is 0.947 bits per heavy atom. The molecule has 0 aromatic heterocycles. The van der Waals surface area contributed by atoms with Crippen LogP contribution >= 0.6 is 0 Å². The van der Waals surface area contributed by atoms with Crippen LogP contribution in [-0.2, 0) is 12.8 Å². The number of hydrogen-bond acceptors (Lipinski definition) is 2. The van der Waals surface area contributed by atoms with Crippen LogP contribution in [-0.4, -0.2) is 19.9 Å². The van der Waals surface area contributed by atoms with E-state index in [0.717, 1.165) is 25.1 Å². The van der Waals surface area contributed by atoms with Crippen LogP contribution in [0.4, 0.5) is 0 Å². The molecule has 0 unspecified atom stereocenters. The summed E-state index contributed by atoms with van der Waals surface area (Å²) in [5, 5.41) is 0. The molecular formula is C17H19NO. The lowest BCUT2D eigenvalue weighted by Crippen LogP contribution is -1.92. The predicted molar refractivity (Wildman–Crippen MR) is 80.2 cm³/mol. The Bertz CT molecular complexity index is 503. The Balaban J connectivity index is 1.74. The van der Waals surface area contributed by atoms with Crippen molar-refractivity contribution in [2.75, 3.05) is 13.7 Å². The molecule has 0 radical (unpaired) electrons. The fourth-order valence-corrected chi connectivity index (χ4v) is 1.86. The summed E-state index contributed by atoms with van der Waals surface area (Å²) in [6.45, 7) is 0.847. The number of nitrogens with zero attached hydrogens (tertiary/aromatic N) is 1. The fourth-order valence-electron chi connectivity index (χ4n) is 1.86. The molecule has 0 aliphatic carbocycles. The van der Waals surface area contributed by atoms with Gasteiger partial charge in [0.05, 0.1) is 7.11 Å². The highest BCUT2D eigenvalue weighted by Crippen LogP contribution is 2.11. The smallest absolute Gasteiger partial charge is 0.118 e. The van der Waals surface area contributed by atoms with Gasteiger partial charge in [0.1, 0.15) is 5.75 Å². The van der Waals surface area contributed by atoms with Crippen LogP contribution in [0.2, 0.25) is 0 Å². The second kappa shape index (κ2) is 7.37. The molecule has 0 amide bonds. The van der Waals surface area contributed by atoms with Crippen LogP contribution in [0.25, 0.3) is 0 Å². The molecule has 0 heterocycles. The number of rotatable bonds is 6. The quantitative estimate of drug-likeness (QED) is 0.721.